The second-order valence-electron chi connectivity index (χ2n) is 15.5. The van der Waals surface area contributed by atoms with Crippen LogP contribution in [0, 0.1) is 0 Å². The number of nitrogens with zero attached hydrogens (tertiary/aromatic N) is 2. The van der Waals surface area contributed by atoms with Gasteiger partial charge in [0.2, 0.25) is 5.89 Å². The molecular formula is C54H38N2O. The standard InChI is InChI=1S/C54H38N2O/c1-54(2)47-22-12-11-20-45(47)50-43(21-13-23-48(50)54)38-28-31-41(32-29-38)56(40-17-7-4-8-18-40)49-34-46-42-19-10-9-16-37(42)30-33-44(46)51-52(49)57-53(55-51)39-26-24-36(25-27-39)35-14-5-3-6-15-35/h3-34H,1-2H3. The summed E-state index contributed by atoms with van der Waals surface area (Å²) in [7, 11) is 0. The lowest BCUT2D eigenvalue weighted by Gasteiger charge is -2.26. The number of hydrogen-bond donors (Lipinski definition) is 0. The SMILES string of the molecule is CC1(C)c2ccccc2-c2c(-c3ccc(N(c4ccccc4)c4cc5c6ccccc6ccc5c5nc(-c6ccc(-c7ccccc7)cc6)oc45)cc3)cccc21. The summed E-state index contributed by atoms with van der Waals surface area (Å²) < 4.78 is 6.92. The molecule has 10 aromatic rings. The summed E-state index contributed by atoms with van der Waals surface area (Å²) in [5, 5.41) is 4.56. The van der Waals surface area contributed by atoms with Gasteiger partial charge in [-0.3, -0.25) is 0 Å². The smallest absolute Gasteiger partial charge is 0.227 e. The summed E-state index contributed by atoms with van der Waals surface area (Å²) in [6, 6.07) is 69.4. The molecule has 0 spiro atoms. The molecule has 0 saturated carbocycles. The first-order valence-corrected chi connectivity index (χ1v) is 19.6. The van der Waals surface area contributed by atoms with Gasteiger partial charge in [0, 0.05) is 27.7 Å². The third kappa shape index (κ3) is 5.31. The minimum atomic E-state index is -0.0581. The van der Waals surface area contributed by atoms with Crippen LogP contribution in [-0.4, -0.2) is 4.98 Å². The Balaban J connectivity index is 1.10. The number of fused-ring (bicyclic) bond motifs is 8. The molecule has 3 nitrogen and oxygen atoms in total. The van der Waals surface area contributed by atoms with E-state index in [1.54, 1.807) is 0 Å². The van der Waals surface area contributed by atoms with Crippen LogP contribution in [-0.2, 0) is 5.41 Å². The third-order valence-corrected chi connectivity index (χ3v) is 11.9. The van der Waals surface area contributed by atoms with Crippen LogP contribution in [0.4, 0.5) is 17.1 Å². The van der Waals surface area contributed by atoms with Gasteiger partial charge in [-0.1, -0.05) is 166 Å². The van der Waals surface area contributed by atoms with Crippen molar-refractivity contribution in [1.82, 2.24) is 4.98 Å². The molecule has 1 heterocycles. The Labute approximate surface area is 332 Å². The average molecular weight is 731 g/mol. The highest BCUT2D eigenvalue weighted by atomic mass is 16.3. The second kappa shape index (κ2) is 12.9. The maximum atomic E-state index is 6.92. The van der Waals surface area contributed by atoms with Gasteiger partial charge >= 0.3 is 0 Å². The van der Waals surface area contributed by atoms with Gasteiger partial charge in [0.25, 0.3) is 0 Å². The Hall–Kier alpha value is -7.23. The molecular weight excluding hydrogens is 693 g/mol. The molecule has 11 rings (SSSR count). The number of aromatic nitrogens is 1. The molecule has 1 aromatic heterocycles. The fourth-order valence-electron chi connectivity index (χ4n) is 9.05. The molecule has 0 amide bonds. The lowest BCUT2D eigenvalue weighted by atomic mass is 9.82. The zero-order valence-corrected chi connectivity index (χ0v) is 31.8. The molecule has 0 N–H and O–H groups in total. The van der Waals surface area contributed by atoms with Crippen LogP contribution in [0.25, 0.3) is 77.5 Å². The van der Waals surface area contributed by atoms with E-state index in [2.05, 4.69) is 207 Å². The Morgan fingerprint density at radius 1 is 0.456 bits per heavy atom. The number of benzene rings is 9. The highest BCUT2D eigenvalue weighted by Gasteiger charge is 2.36. The van der Waals surface area contributed by atoms with Crippen LogP contribution >= 0.6 is 0 Å². The van der Waals surface area contributed by atoms with E-state index in [-0.39, 0.29) is 5.41 Å². The molecule has 0 radical (unpaired) electrons. The molecule has 0 fully saturated rings. The second-order valence-corrected chi connectivity index (χ2v) is 15.5. The third-order valence-electron chi connectivity index (χ3n) is 11.9. The molecule has 270 valence electrons. The molecule has 1 aliphatic rings. The molecule has 0 aliphatic heterocycles. The van der Waals surface area contributed by atoms with E-state index in [0.29, 0.717) is 5.89 Å². The van der Waals surface area contributed by atoms with E-state index in [1.807, 2.05) is 6.07 Å². The quantitative estimate of drug-likeness (QED) is 0.160. The van der Waals surface area contributed by atoms with Crippen molar-refractivity contribution in [2.75, 3.05) is 4.90 Å². The zero-order valence-electron chi connectivity index (χ0n) is 31.8. The summed E-state index contributed by atoms with van der Waals surface area (Å²) in [5.41, 5.74) is 15.6. The fourth-order valence-corrected chi connectivity index (χ4v) is 9.05. The van der Waals surface area contributed by atoms with Crippen molar-refractivity contribution in [3.05, 3.63) is 205 Å². The van der Waals surface area contributed by atoms with Crippen LogP contribution in [0.15, 0.2) is 199 Å². The molecule has 0 bridgehead atoms. The van der Waals surface area contributed by atoms with Crippen molar-refractivity contribution < 1.29 is 4.42 Å². The van der Waals surface area contributed by atoms with Crippen LogP contribution < -0.4 is 4.90 Å². The molecule has 0 atom stereocenters. The molecule has 9 aromatic carbocycles. The highest BCUT2D eigenvalue weighted by molar-refractivity contribution is 6.19. The van der Waals surface area contributed by atoms with E-state index in [4.69, 9.17) is 9.40 Å². The first-order chi connectivity index (χ1) is 28.0. The minimum Gasteiger partial charge on any atom is -0.434 e. The first kappa shape index (κ1) is 33.1. The lowest BCUT2D eigenvalue weighted by molar-refractivity contribution is 0.620. The Kier molecular flexibility index (Phi) is 7.52. The minimum absolute atomic E-state index is 0.0581. The fraction of sp³-hybridized carbons (Fsp3) is 0.0556. The van der Waals surface area contributed by atoms with Gasteiger partial charge in [-0.25, -0.2) is 4.98 Å². The molecule has 57 heavy (non-hydrogen) atoms. The van der Waals surface area contributed by atoms with Crippen molar-refractivity contribution in [2.24, 2.45) is 0 Å². The zero-order chi connectivity index (χ0) is 38.1. The summed E-state index contributed by atoms with van der Waals surface area (Å²) in [4.78, 5) is 7.59. The Bertz CT molecular complexity index is 3120. The molecule has 0 unspecified atom stereocenters. The monoisotopic (exact) mass is 730 g/mol. The average Bonchev–Trinajstić information content (AvgIpc) is 3.82. The van der Waals surface area contributed by atoms with Crippen LogP contribution in [0.1, 0.15) is 25.0 Å². The number of oxazole rings is 1. The summed E-state index contributed by atoms with van der Waals surface area (Å²) in [5.74, 6) is 0.594. The predicted octanol–water partition coefficient (Wildman–Crippen LogP) is 14.9. The van der Waals surface area contributed by atoms with Crippen molar-refractivity contribution in [3.63, 3.8) is 0 Å². The normalized spacial score (nSPS) is 12.9. The number of hydrogen-bond acceptors (Lipinski definition) is 3. The molecule has 1 aliphatic carbocycles. The van der Waals surface area contributed by atoms with Crippen molar-refractivity contribution >= 4 is 49.7 Å². The van der Waals surface area contributed by atoms with Crippen LogP contribution in [0.5, 0.6) is 0 Å². The van der Waals surface area contributed by atoms with E-state index in [0.717, 1.165) is 50.1 Å². The highest BCUT2D eigenvalue weighted by Crippen LogP contribution is 2.52. The van der Waals surface area contributed by atoms with Crippen molar-refractivity contribution in [3.8, 4) is 44.8 Å². The number of anilines is 3. The van der Waals surface area contributed by atoms with E-state index >= 15 is 0 Å². The Morgan fingerprint density at radius 3 is 1.88 bits per heavy atom. The van der Waals surface area contributed by atoms with Gasteiger partial charge in [-0.15, -0.1) is 0 Å². The van der Waals surface area contributed by atoms with Crippen molar-refractivity contribution in [2.45, 2.75) is 19.3 Å². The Morgan fingerprint density at radius 2 is 1.07 bits per heavy atom. The van der Waals surface area contributed by atoms with Crippen molar-refractivity contribution in [1.29, 1.82) is 0 Å². The van der Waals surface area contributed by atoms with E-state index < -0.39 is 0 Å². The summed E-state index contributed by atoms with van der Waals surface area (Å²) in [6.45, 7) is 4.68. The van der Waals surface area contributed by atoms with E-state index in [9.17, 15) is 0 Å². The maximum Gasteiger partial charge on any atom is 0.227 e. The van der Waals surface area contributed by atoms with Crippen LogP contribution in [0.3, 0.4) is 0 Å². The maximum absolute atomic E-state index is 6.92. The largest absolute Gasteiger partial charge is 0.434 e. The van der Waals surface area contributed by atoms with Gasteiger partial charge in [0.1, 0.15) is 5.52 Å². The first-order valence-electron chi connectivity index (χ1n) is 19.6. The van der Waals surface area contributed by atoms with Gasteiger partial charge in [0.15, 0.2) is 5.58 Å². The molecule has 3 heteroatoms. The number of rotatable bonds is 6. The summed E-state index contributed by atoms with van der Waals surface area (Å²) in [6.07, 6.45) is 0. The van der Waals surface area contributed by atoms with E-state index in [1.165, 1.54) is 49.7 Å². The summed E-state index contributed by atoms with van der Waals surface area (Å²) >= 11 is 0. The van der Waals surface area contributed by atoms with Crippen LogP contribution in [0.2, 0.25) is 0 Å². The predicted molar refractivity (Wildman–Crippen MR) is 238 cm³/mol. The topological polar surface area (TPSA) is 29.3 Å². The van der Waals surface area contributed by atoms with Gasteiger partial charge in [-0.2, -0.15) is 0 Å². The number of para-hydroxylation sites is 1. The molecule has 0 saturated heterocycles. The lowest BCUT2D eigenvalue weighted by Crippen LogP contribution is -2.14. The van der Waals surface area contributed by atoms with Gasteiger partial charge in [0.05, 0.1) is 5.69 Å². The van der Waals surface area contributed by atoms with Gasteiger partial charge < -0.3 is 9.32 Å². The van der Waals surface area contributed by atoms with Gasteiger partial charge in [-0.05, 0) is 103 Å².